The Bertz CT molecular complexity index is 1120. The van der Waals surface area contributed by atoms with Gasteiger partial charge in [0.15, 0.2) is 11.7 Å². The Hall–Kier alpha value is -3.20. The molecule has 2 N–H and O–H groups in total. The van der Waals surface area contributed by atoms with Crippen LogP contribution in [0.4, 0.5) is 19.0 Å². The van der Waals surface area contributed by atoms with Gasteiger partial charge in [-0.3, -0.25) is 4.79 Å². The molecule has 1 aliphatic rings. The first-order valence-electron chi connectivity index (χ1n) is 9.84. The predicted octanol–water partition coefficient (Wildman–Crippen LogP) is 5.14. The van der Waals surface area contributed by atoms with E-state index in [1.54, 1.807) is 48.5 Å². The quantitative estimate of drug-likeness (QED) is 0.549. The number of nitrogens with one attached hydrogen (secondary N) is 2. The number of aromatic nitrogens is 2. The van der Waals surface area contributed by atoms with Gasteiger partial charge in [-0.2, -0.15) is 18.3 Å². The van der Waals surface area contributed by atoms with Crippen molar-refractivity contribution in [3.8, 4) is 5.75 Å². The van der Waals surface area contributed by atoms with Gasteiger partial charge in [0.05, 0.1) is 13.2 Å². The van der Waals surface area contributed by atoms with Crippen molar-refractivity contribution in [3.63, 3.8) is 0 Å². The summed E-state index contributed by atoms with van der Waals surface area (Å²) in [6.45, 7) is 0.130. The van der Waals surface area contributed by atoms with E-state index in [9.17, 15) is 18.0 Å². The van der Waals surface area contributed by atoms with Crippen molar-refractivity contribution in [2.24, 2.45) is 0 Å². The molecular formula is C22H20ClF3N4O2. The molecular weight excluding hydrogens is 445 g/mol. The maximum absolute atomic E-state index is 13.8. The van der Waals surface area contributed by atoms with Crippen LogP contribution in [-0.4, -0.2) is 29.0 Å². The molecule has 1 aromatic heterocycles. The van der Waals surface area contributed by atoms with Crippen molar-refractivity contribution in [2.75, 3.05) is 12.4 Å². The molecule has 10 heteroatoms. The second-order valence-electron chi connectivity index (χ2n) is 7.40. The van der Waals surface area contributed by atoms with E-state index < -0.39 is 24.2 Å². The number of rotatable bonds is 5. The van der Waals surface area contributed by atoms with Gasteiger partial charge >= 0.3 is 6.18 Å². The number of hydrogen-bond acceptors (Lipinski definition) is 4. The maximum atomic E-state index is 13.8. The van der Waals surface area contributed by atoms with Crippen LogP contribution in [0.25, 0.3) is 0 Å². The van der Waals surface area contributed by atoms with E-state index in [1.807, 2.05) is 0 Å². The molecule has 0 aliphatic carbocycles. The highest BCUT2D eigenvalue weighted by Crippen LogP contribution is 2.43. The molecule has 6 nitrogen and oxygen atoms in total. The zero-order valence-corrected chi connectivity index (χ0v) is 17.7. The number of fused-ring (bicyclic) bond motifs is 1. The molecule has 0 fully saturated rings. The second kappa shape index (κ2) is 8.74. The van der Waals surface area contributed by atoms with Crippen LogP contribution in [0, 0.1) is 0 Å². The molecule has 3 aromatic rings. The van der Waals surface area contributed by atoms with Crippen LogP contribution in [0.2, 0.25) is 5.02 Å². The standard InChI is InChI=1S/C22H20ClF3N4O2/c1-32-15-8-6-13(7-9-15)17-10-19(22(24,25)26)30-20(28-17)11-18(29-30)21(31)27-12-14-4-2-3-5-16(14)23/h2-9,11,17,19,28H,10,12H2,1H3,(H,27,31)/t17-,19+/m0/s1. The van der Waals surface area contributed by atoms with Crippen molar-refractivity contribution < 1.29 is 22.7 Å². The van der Waals surface area contributed by atoms with Crippen LogP contribution in [0.3, 0.4) is 0 Å². The summed E-state index contributed by atoms with van der Waals surface area (Å²) in [5, 5.41) is 10.2. The van der Waals surface area contributed by atoms with Crippen molar-refractivity contribution in [1.82, 2.24) is 15.1 Å². The second-order valence-corrected chi connectivity index (χ2v) is 7.80. The molecule has 0 bridgehead atoms. The van der Waals surface area contributed by atoms with Gasteiger partial charge in [-0.25, -0.2) is 4.68 Å². The predicted molar refractivity (Wildman–Crippen MR) is 114 cm³/mol. The minimum Gasteiger partial charge on any atom is -0.497 e. The van der Waals surface area contributed by atoms with Gasteiger partial charge in [0.1, 0.15) is 11.6 Å². The monoisotopic (exact) mass is 464 g/mol. The lowest BCUT2D eigenvalue weighted by molar-refractivity contribution is -0.173. The van der Waals surface area contributed by atoms with Crippen LogP contribution >= 0.6 is 11.6 Å². The highest BCUT2D eigenvalue weighted by Gasteiger charge is 2.46. The van der Waals surface area contributed by atoms with Crippen LogP contribution in [0.5, 0.6) is 5.75 Å². The Kier molecular flexibility index (Phi) is 6.01. The first-order valence-corrected chi connectivity index (χ1v) is 10.2. The zero-order chi connectivity index (χ0) is 22.9. The number of halogens is 4. The lowest BCUT2D eigenvalue weighted by Crippen LogP contribution is -2.35. The number of hydrogen-bond donors (Lipinski definition) is 2. The number of ether oxygens (including phenoxy) is 1. The number of nitrogens with zero attached hydrogens (tertiary/aromatic N) is 2. The van der Waals surface area contributed by atoms with Crippen molar-refractivity contribution in [3.05, 3.63) is 76.4 Å². The summed E-state index contributed by atoms with van der Waals surface area (Å²) in [6.07, 6.45) is -4.79. The van der Waals surface area contributed by atoms with Gasteiger partial charge in [0, 0.05) is 24.1 Å². The minimum absolute atomic E-state index is 0.107. The normalized spacial score (nSPS) is 17.9. The molecule has 2 heterocycles. The first-order chi connectivity index (χ1) is 15.3. The molecule has 0 spiro atoms. The fourth-order valence-corrected chi connectivity index (χ4v) is 3.85. The van der Waals surface area contributed by atoms with Crippen LogP contribution in [-0.2, 0) is 6.54 Å². The number of amides is 1. The number of carbonyl (C=O) groups excluding carboxylic acids is 1. The van der Waals surface area contributed by atoms with E-state index in [0.29, 0.717) is 21.9 Å². The van der Waals surface area contributed by atoms with Gasteiger partial charge < -0.3 is 15.4 Å². The molecule has 1 amide bonds. The summed E-state index contributed by atoms with van der Waals surface area (Å²) in [6, 6.07) is 12.7. The van der Waals surface area contributed by atoms with Gasteiger partial charge in [0.25, 0.3) is 5.91 Å². The van der Waals surface area contributed by atoms with E-state index >= 15 is 0 Å². The summed E-state index contributed by atoms with van der Waals surface area (Å²) < 4.78 is 47.4. The average Bonchev–Trinajstić information content (AvgIpc) is 3.21. The molecule has 1 aliphatic heterocycles. The highest BCUT2D eigenvalue weighted by atomic mass is 35.5. The van der Waals surface area contributed by atoms with Crippen LogP contribution in [0.15, 0.2) is 54.6 Å². The van der Waals surface area contributed by atoms with E-state index in [4.69, 9.17) is 16.3 Å². The Labute approximate surface area is 187 Å². The van der Waals surface area contributed by atoms with Crippen molar-refractivity contribution in [2.45, 2.75) is 31.2 Å². The first kappa shape index (κ1) is 22.0. The molecule has 0 saturated heterocycles. The van der Waals surface area contributed by atoms with Crippen molar-refractivity contribution in [1.29, 1.82) is 0 Å². The van der Waals surface area contributed by atoms with Gasteiger partial charge in [-0.1, -0.05) is 41.9 Å². The average molecular weight is 465 g/mol. The summed E-state index contributed by atoms with van der Waals surface area (Å²) in [7, 11) is 1.52. The van der Waals surface area contributed by atoms with Gasteiger partial charge in [-0.05, 0) is 29.3 Å². The number of benzene rings is 2. The third-order valence-corrected chi connectivity index (χ3v) is 5.71. The fourth-order valence-electron chi connectivity index (χ4n) is 3.65. The van der Waals surface area contributed by atoms with E-state index in [-0.39, 0.29) is 24.5 Å². The minimum atomic E-state index is -4.53. The summed E-state index contributed by atoms with van der Waals surface area (Å²) in [5.41, 5.74) is 1.26. The third-order valence-electron chi connectivity index (χ3n) is 5.34. The molecule has 0 unspecified atom stereocenters. The number of anilines is 1. The van der Waals surface area contributed by atoms with Crippen LogP contribution in [0.1, 0.15) is 40.1 Å². The molecule has 2 aromatic carbocycles. The molecule has 32 heavy (non-hydrogen) atoms. The lowest BCUT2D eigenvalue weighted by Gasteiger charge is -2.33. The Morgan fingerprint density at radius 2 is 1.97 bits per heavy atom. The molecule has 0 radical (unpaired) electrons. The molecule has 0 saturated carbocycles. The number of methoxy groups -OCH3 is 1. The smallest absolute Gasteiger partial charge is 0.410 e. The maximum Gasteiger partial charge on any atom is 0.410 e. The van der Waals surface area contributed by atoms with Gasteiger partial charge in [-0.15, -0.1) is 0 Å². The Morgan fingerprint density at radius 1 is 1.25 bits per heavy atom. The topological polar surface area (TPSA) is 68.2 Å². The summed E-state index contributed by atoms with van der Waals surface area (Å²) in [4.78, 5) is 12.6. The highest BCUT2D eigenvalue weighted by molar-refractivity contribution is 6.31. The molecule has 4 rings (SSSR count). The van der Waals surface area contributed by atoms with Crippen LogP contribution < -0.4 is 15.4 Å². The van der Waals surface area contributed by atoms with E-state index in [0.717, 1.165) is 4.68 Å². The number of alkyl halides is 3. The molecule has 2 atom stereocenters. The largest absolute Gasteiger partial charge is 0.497 e. The fraction of sp³-hybridized carbons (Fsp3) is 0.273. The lowest BCUT2D eigenvalue weighted by atomic mass is 9.97. The Morgan fingerprint density at radius 3 is 2.62 bits per heavy atom. The Balaban J connectivity index is 1.57. The SMILES string of the molecule is COc1ccc([C@@H]2C[C@H](C(F)(F)F)n3nc(C(=O)NCc4ccccc4Cl)cc3N2)cc1. The summed E-state index contributed by atoms with van der Waals surface area (Å²) in [5.74, 6) is 0.150. The van der Waals surface area contributed by atoms with E-state index in [2.05, 4.69) is 15.7 Å². The van der Waals surface area contributed by atoms with Crippen molar-refractivity contribution >= 4 is 23.3 Å². The van der Waals surface area contributed by atoms with E-state index in [1.165, 1.54) is 13.2 Å². The summed E-state index contributed by atoms with van der Waals surface area (Å²) >= 11 is 6.08. The van der Waals surface area contributed by atoms with Gasteiger partial charge in [0.2, 0.25) is 0 Å². The zero-order valence-electron chi connectivity index (χ0n) is 17.0. The third kappa shape index (κ3) is 4.52. The number of carbonyl (C=O) groups is 1. The molecule has 168 valence electrons.